The van der Waals surface area contributed by atoms with Crippen molar-refractivity contribution in [3.05, 3.63) is 18.2 Å². The van der Waals surface area contributed by atoms with E-state index in [0.717, 1.165) is 4.90 Å². The molecule has 0 atom stereocenters. The average molecular weight is 319 g/mol. The van der Waals surface area contributed by atoms with Crippen molar-refractivity contribution in [3.63, 3.8) is 0 Å². The van der Waals surface area contributed by atoms with Crippen LogP contribution in [-0.2, 0) is 9.53 Å². The molecule has 3 aliphatic heterocycles. The first-order valence-electron chi connectivity index (χ1n) is 7.06. The highest BCUT2D eigenvalue weighted by molar-refractivity contribution is 5.99. The molecule has 0 aromatic heterocycles. The number of nitrogens with one attached hydrogen (secondary N) is 1. The number of benzene rings is 1. The Morgan fingerprint density at radius 3 is 2.65 bits per heavy atom. The molecule has 0 spiro atoms. The summed E-state index contributed by atoms with van der Waals surface area (Å²) < 4.78 is 15.1. The highest BCUT2D eigenvalue weighted by atomic mass is 16.7. The van der Waals surface area contributed by atoms with Crippen molar-refractivity contribution < 1.29 is 28.6 Å². The van der Waals surface area contributed by atoms with Crippen molar-refractivity contribution in [3.8, 4) is 11.5 Å². The number of fused-ring (bicyclic) bond motifs is 1. The zero-order valence-corrected chi connectivity index (χ0v) is 12.0. The lowest BCUT2D eigenvalue weighted by Gasteiger charge is -2.41. The van der Waals surface area contributed by atoms with Crippen LogP contribution in [-0.4, -0.2) is 60.4 Å². The second-order valence-electron chi connectivity index (χ2n) is 5.38. The van der Waals surface area contributed by atoms with Crippen LogP contribution < -0.4 is 14.8 Å². The number of hydrogen-bond donors (Lipinski definition) is 1. The van der Waals surface area contributed by atoms with E-state index >= 15 is 0 Å². The molecule has 0 unspecified atom stereocenters. The Balaban J connectivity index is 1.35. The van der Waals surface area contributed by atoms with Gasteiger partial charge in [0.25, 0.3) is 5.91 Å². The van der Waals surface area contributed by atoms with Crippen LogP contribution in [0, 0.1) is 0 Å². The van der Waals surface area contributed by atoms with Crippen molar-refractivity contribution in [2.24, 2.45) is 0 Å². The van der Waals surface area contributed by atoms with Gasteiger partial charge < -0.3 is 24.4 Å². The lowest BCUT2D eigenvalue weighted by Crippen LogP contribution is -2.63. The summed E-state index contributed by atoms with van der Waals surface area (Å²) in [6.07, 6.45) is -0.643. The zero-order valence-electron chi connectivity index (χ0n) is 12.0. The molecule has 2 saturated heterocycles. The van der Waals surface area contributed by atoms with Crippen LogP contribution in [0.2, 0.25) is 0 Å². The number of urea groups is 1. The summed E-state index contributed by atoms with van der Waals surface area (Å²) in [6.45, 7) is 0.522. The quantitative estimate of drug-likeness (QED) is 0.858. The molecule has 120 valence electrons. The fourth-order valence-corrected chi connectivity index (χ4v) is 2.68. The van der Waals surface area contributed by atoms with E-state index in [4.69, 9.17) is 9.47 Å². The molecule has 0 bridgehead atoms. The van der Waals surface area contributed by atoms with Gasteiger partial charge in [0.1, 0.15) is 0 Å². The van der Waals surface area contributed by atoms with Crippen molar-refractivity contribution >= 4 is 23.7 Å². The Morgan fingerprint density at radius 2 is 1.91 bits per heavy atom. The Kier molecular flexibility index (Phi) is 3.00. The molecule has 3 aliphatic rings. The largest absolute Gasteiger partial charge is 0.454 e. The summed E-state index contributed by atoms with van der Waals surface area (Å²) in [7, 11) is 0. The molecule has 1 aromatic carbocycles. The van der Waals surface area contributed by atoms with E-state index in [2.05, 4.69) is 10.1 Å². The molecule has 0 radical (unpaired) electrons. The third kappa shape index (κ3) is 2.30. The first-order valence-corrected chi connectivity index (χ1v) is 7.06. The third-order valence-electron chi connectivity index (χ3n) is 3.92. The molecule has 9 heteroatoms. The molecule has 2 fully saturated rings. The molecule has 9 nitrogen and oxygen atoms in total. The first-order chi connectivity index (χ1) is 11.1. The number of carbonyl (C=O) groups is 3. The molecule has 4 amide bonds. The van der Waals surface area contributed by atoms with Gasteiger partial charge >= 0.3 is 12.1 Å². The number of imide groups is 1. The standard InChI is InChI=1S/C14H13N3O6/c18-12-6-21-14(20)17(12)9-4-16(5-9)13(19)15-8-1-2-10-11(3-8)23-7-22-10/h1-3,9H,4-7H2,(H,15,19). The van der Waals surface area contributed by atoms with Gasteiger partial charge in [0.2, 0.25) is 6.79 Å². The van der Waals surface area contributed by atoms with Crippen molar-refractivity contribution in [1.29, 1.82) is 0 Å². The highest BCUT2D eigenvalue weighted by Gasteiger charge is 2.44. The normalized spacial score (nSPS) is 19.7. The van der Waals surface area contributed by atoms with Crippen LogP contribution in [0.15, 0.2) is 18.2 Å². The molecule has 1 N–H and O–H groups in total. The van der Waals surface area contributed by atoms with Crippen LogP contribution in [0.25, 0.3) is 0 Å². The van der Waals surface area contributed by atoms with Gasteiger partial charge in [-0.1, -0.05) is 0 Å². The van der Waals surface area contributed by atoms with E-state index in [9.17, 15) is 14.4 Å². The second-order valence-corrected chi connectivity index (χ2v) is 5.38. The Hall–Kier alpha value is -2.97. The van der Waals surface area contributed by atoms with Crippen LogP contribution in [0.4, 0.5) is 15.3 Å². The van der Waals surface area contributed by atoms with Crippen LogP contribution in [0.5, 0.6) is 11.5 Å². The molecular weight excluding hydrogens is 306 g/mol. The molecule has 4 rings (SSSR count). The van der Waals surface area contributed by atoms with E-state index in [1.807, 2.05) is 0 Å². The Bertz CT molecular complexity index is 684. The first kappa shape index (κ1) is 13.7. The van der Waals surface area contributed by atoms with Gasteiger partial charge in [0.05, 0.1) is 6.04 Å². The second kappa shape index (κ2) is 5.04. The Labute approximate surface area is 130 Å². The molecule has 23 heavy (non-hydrogen) atoms. The molecular formula is C14H13N3O6. The number of likely N-dealkylation sites (tertiary alicyclic amines) is 1. The number of cyclic esters (lactones) is 1. The summed E-state index contributed by atoms with van der Waals surface area (Å²) in [6, 6.07) is 4.48. The van der Waals surface area contributed by atoms with Crippen LogP contribution in [0.3, 0.4) is 0 Å². The van der Waals surface area contributed by atoms with Gasteiger partial charge in [-0.05, 0) is 12.1 Å². The molecule has 1 aromatic rings. The van der Waals surface area contributed by atoms with Crippen molar-refractivity contribution in [1.82, 2.24) is 9.80 Å². The number of ether oxygens (including phenoxy) is 3. The summed E-state index contributed by atoms with van der Waals surface area (Å²) in [5, 5.41) is 2.74. The van der Waals surface area contributed by atoms with E-state index in [0.29, 0.717) is 17.2 Å². The third-order valence-corrected chi connectivity index (χ3v) is 3.92. The summed E-state index contributed by atoms with van der Waals surface area (Å²) in [5.41, 5.74) is 0.583. The van der Waals surface area contributed by atoms with Gasteiger partial charge in [-0.25, -0.2) is 14.5 Å². The topological polar surface area (TPSA) is 97.4 Å². The fourth-order valence-electron chi connectivity index (χ4n) is 2.68. The van der Waals surface area contributed by atoms with E-state index in [1.54, 1.807) is 18.2 Å². The smallest absolute Gasteiger partial charge is 0.417 e. The maximum absolute atomic E-state index is 12.1. The van der Waals surface area contributed by atoms with E-state index < -0.39 is 6.09 Å². The number of carbonyl (C=O) groups excluding carboxylic acids is 3. The lowest BCUT2D eigenvalue weighted by molar-refractivity contribution is -0.129. The minimum absolute atomic E-state index is 0.167. The minimum atomic E-state index is -0.643. The molecule has 0 aliphatic carbocycles. The number of anilines is 1. The highest BCUT2D eigenvalue weighted by Crippen LogP contribution is 2.34. The zero-order chi connectivity index (χ0) is 16.0. The summed E-state index contributed by atoms with van der Waals surface area (Å²) >= 11 is 0. The maximum atomic E-state index is 12.1. The minimum Gasteiger partial charge on any atom is -0.454 e. The van der Waals surface area contributed by atoms with Gasteiger partial charge in [-0.15, -0.1) is 0 Å². The number of nitrogens with zero attached hydrogens (tertiary/aromatic N) is 2. The van der Waals surface area contributed by atoms with Crippen LogP contribution in [0.1, 0.15) is 0 Å². The van der Waals surface area contributed by atoms with E-state index in [1.165, 1.54) is 4.90 Å². The lowest BCUT2D eigenvalue weighted by atomic mass is 10.1. The van der Waals surface area contributed by atoms with Crippen LogP contribution >= 0.6 is 0 Å². The number of rotatable bonds is 2. The predicted octanol–water partition coefficient (Wildman–Crippen LogP) is 0.610. The Morgan fingerprint density at radius 1 is 1.13 bits per heavy atom. The SMILES string of the molecule is O=C(Nc1ccc2c(c1)OCO2)N1CC(N2C(=O)COC2=O)C1. The van der Waals surface area contributed by atoms with Gasteiger partial charge in [-0.3, -0.25) is 4.79 Å². The average Bonchev–Trinajstić information content (AvgIpc) is 3.06. The summed E-state index contributed by atoms with van der Waals surface area (Å²) in [4.78, 5) is 37.7. The fraction of sp³-hybridized carbons (Fsp3) is 0.357. The van der Waals surface area contributed by atoms with Crippen molar-refractivity contribution in [2.75, 3.05) is 31.8 Å². The maximum Gasteiger partial charge on any atom is 0.417 e. The van der Waals surface area contributed by atoms with Crippen molar-refractivity contribution in [2.45, 2.75) is 6.04 Å². The predicted molar refractivity (Wildman–Crippen MR) is 75.1 cm³/mol. The summed E-state index contributed by atoms with van der Waals surface area (Å²) in [5.74, 6) is 0.851. The number of amides is 4. The number of hydrogen-bond acceptors (Lipinski definition) is 6. The monoisotopic (exact) mass is 319 g/mol. The van der Waals surface area contributed by atoms with Gasteiger partial charge in [0.15, 0.2) is 18.1 Å². The van der Waals surface area contributed by atoms with Gasteiger partial charge in [0, 0.05) is 24.8 Å². The molecule has 0 saturated carbocycles. The van der Waals surface area contributed by atoms with E-state index in [-0.39, 0.29) is 44.5 Å². The molecule has 3 heterocycles. The van der Waals surface area contributed by atoms with Gasteiger partial charge in [-0.2, -0.15) is 0 Å².